The van der Waals surface area contributed by atoms with Gasteiger partial charge in [-0.1, -0.05) is 0 Å². The van der Waals surface area contributed by atoms with E-state index in [9.17, 15) is 13.2 Å². The Hall–Kier alpha value is -2.30. The standard InChI is InChI=1S/C15H15N5O3S2/c1-25(22,23)20-5-4-11-13(7-20)24-15(18-11)19-14(21)9-2-3-10-12(6-9)17-8-16-10/h2-3,6,8H,4-5,7H2,1H3,(H,16,17)(H,18,19,21). The maximum atomic E-state index is 12.4. The fourth-order valence-electron chi connectivity index (χ4n) is 2.75. The van der Waals surface area contributed by atoms with Gasteiger partial charge in [-0.05, 0) is 18.2 Å². The number of amides is 1. The van der Waals surface area contributed by atoms with Crippen molar-refractivity contribution >= 4 is 43.4 Å². The van der Waals surface area contributed by atoms with Crippen LogP contribution < -0.4 is 5.32 Å². The van der Waals surface area contributed by atoms with Crippen LogP contribution in [-0.4, -0.2) is 46.4 Å². The van der Waals surface area contributed by atoms with E-state index in [4.69, 9.17) is 0 Å². The summed E-state index contributed by atoms with van der Waals surface area (Å²) in [5.41, 5.74) is 2.93. The number of sulfonamides is 1. The number of benzene rings is 1. The average molecular weight is 377 g/mol. The first-order valence-corrected chi connectivity index (χ1v) is 10.2. The summed E-state index contributed by atoms with van der Waals surface area (Å²) in [7, 11) is -3.23. The second-order valence-corrected chi connectivity index (χ2v) is 8.89. The molecule has 3 heterocycles. The van der Waals surface area contributed by atoms with Gasteiger partial charge < -0.3 is 4.98 Å². The van der Waals surface area contributed by atoms with E-state index in [1.165, 1.54) is 21.9 Å². The van der Waals surface area contributed by atoms with E-state index < -0.39 is 10.0 Å². The molecular formula is C15H15N5O3S2. The summed E-state index contributed by atoms with van der Waals surface area (Å²) in [6, 6.07) is 5.21. The third-order valence-corrected chi connectivity index (χ3v) is 6.32. The fourth-order valence-corrected chi connectivity index (χ4v) is 4.64. The van der Waals surface area contributed by atoms with E-state index in [0.717, 1.165) is 21.6 Å². The number of aromatic amines is 1. The Balaban J connectivity index is 1.54. The molecule has 10 heteroatoms. The number of fused-ring (bicyclic) bond motifs is 2. The number of hydrogen-bond donors (Lipinski definition) is 2. The van der Waals surface area contributed by atoms with Gasteiger partial charge >= 0.3 is 0 Å². The molecule has 130 valence electrons. The minimum absolute atomic E-state index is 0.262. The maximum Gasteiger partial charge on any atom is 0.257 e. The lowest BCUT2D eigenvalue weighted by Crippen LogP contribution is -2.34. The number of carbonyl (C=O) groups is 1. The van der Waals surface area contributed by atoms with Crippen LogP contribution in [0.25, 0.3) is 11.0 Å². The quantitative estimate of drug-likeness (QED) is 0.721. The van der Waals surface area contributed by atoms with E-state index in [0.29, 0.717) is 30.2 Å². The molecule has 2 N–H and O–H groups in total. The van der Waals surface area contributed by atoms with Gasteiger partial charge in [0.2, 0.25) is 10.0 Å². The topological polar surface area (TPSA) is 108 Å². The SMILES string of the molecule is CS(=O)(=O)N1CCc2nc(NC(=O)c3ccc4nc[nH]c4c3)sc2C1. The maximum absolute atomic E-state index is 12.4. The Labute approximate surface area is 148 Å². The number of nitrogens with one attached hydrogen (secondary N) is 2. The lowest BCUT2D eigenvalue weighted by atomic mass is 10.2. The molecular weight excluding hydrogens is 362 g/mol. The minimum atomic E-state index is -3.23. The molecule has 0 aliphatic carbocycles. The van der Waals surface area contributed by atoms with Gasteiger partial charge in [0.1, 0.15) is 0 Å². The number of anilines is 1. The highest BCUT2D eigenvalue weighted by atomic mass is 32.2. The third kappa shape index (κ3) is 3.15. The van der Waals surface area contributed by atoms with Crippen molar-refractivity contribution in [2.75, 3.05) is 18.1 Å². The first-order valence-electron chi connectivity index (χ1n) is 7.58. The van der Waals surface area contributed by atoms with Crippen LogP contribution >= 0.6 is 11.3 Å². The summed E-state index contributed by atoms with van der Waals surface area (Å²) >= 11 is 1.31. The summed E-state index contributed by atoms with van der Waals surface area (Å²) in [5.74, 6) is -0.262. The number of rotatable bonds is 3. The van der Waals surface area contributed by atoms with Gasteiger partial charge in [0.05, 0.1) is 29.3 Å². The van der Waals surface area contributed by atoms with Gasteiger partial charge in [-0.15, -0.1) is 11.3 Å². The number of hydrogen-bond acceptors (Lipinski definition) is 6. The molecule has 1 aliphatic rings. The van der Waals surface area contributed by atoms with Crippen LogP contribution in [-0.2, 0) is 23.0 Å². The van der Waals surface area contributed by atoms with E-state index >= 15 is 0 Å². The Bertz CT molecular complexity index is 1070. The summed E-state index contributed by atoms with van der Waals surface area (Å²) < 4.78 is 24.8. The Morgan fingerprint density at radius 2 is 2.24 bits per heavy atom. The Kier molecular flexibility index (Phi) is 3.82. The van der Waals surface area contributed by atoms with E-state index in [2.05, 4.69) is 20.3 Å². The number of thiazole rings is 1. The first-order chi connectivity index (χ1) is 11.9. The second kappa shape index (κ2) is 5.90. The zero-order valence-electron chi connectivity index (χ0n) is 13.3. The molecule has 0 spiro atoms. The molecule has 1 amide bonds. The normalized spacial score (nSPS) is 15.2. The molecule has 0 bridgehead atoms. The highest BCUT2D eigenvalue weighted by Gasteiger charge is 2.26. The van der Waals surface area contributed by atoms with E-state index in [1.54, 1.807) is 24.5 Å². The Morgan fingerprint density at radius 1 is 1.40 bits per heavy atom. The molecule has 0 unspecified atom stereocenters. The summed E-state index contributed by atoms with van der Waals surface area (Å²) in [5, 5.41) is 3.27. The van der Waals surface area contributed by atoms with Gasteiger partial charge in [-0.2, -0.15) is 4.31 Å². The largest absolute Gasteiger partial charge is 0.345 e. The molecule has 2 aromatic heterocycles. The molecule has 25 heavy (non-hydrogen) atoms. The lowest BCUT2D eigenvalue weighted by Gasteiger charge is -2.23. The van der Waals surface area contributed by atoms with Crippen molar-refractivity contribution in [3.63, 3.8) is 0 Å². The Morgan fingerprint density at radius 3 is 3.04 bits per heavy atom. The van der Waals surface area contributed by atoms with Crippen molar-refractivity contribution in [1.82, 2.24) is 19.3 Å². The van der Waals surface area contributed by atoms with Crippen molar-refractivity contribution in [3.8, 4) is 0 Å². The van der Waals surface area contributed by atoms with Gasteiger partial charge in [-0.3, -0.25) is 10.1 Å². The highest BCUT2D eigenvalue weighted by Crippen LogP contribution is 2.29. The average Bonchev–Trinajstić information content (AvgIpc) is 3.18. The van der Waals surface area contributed by atoms with Crippen LogP contribution in [0.2, 0.25) is 0 Å². The molecule has 0 atom stereocenters. The van der Waals surface area contributed by atoms with Gasteiger partial charge in [-0.25, -0.2) is 18.4 Å². The number of aromatic nitrogens is 3. The minimum Gasteiger partial charge on any atom is -0.345 e. The fraction of sp³-hybridized carbons (Fsp3) is 0.267. The number of carbonyl (C=O) groups excluding carboxylic acids is 1. The number of H-pyrrole nitrogens is 1. The molecule has 0 radical (unpaired) electrons. The second-order valence-electron chi connectivity index (χ2n) is 5.82. The molecule has 8 nitrogen and oxygen atoms in total. The third-order valence-electron chi connectivity index (χ3n) is 4.07. The van der Waals surface area contributed by atoms with Crippen molar-refractivity contribution in [3.05, 3.63) is 40.7 Å². The number of nitrogens with zero attached hydrogens (tertiary/aromatic N) is 3. The summed E-state index contributed by atoms with van der Waals surface area (Å²) in [6.45, 7) is 0.723. The van der Waals surface area contributed by atoms with Crippen LogP contribution in [0.3, 0.4) is 0 Å². The molecule has 0 fully saturated rings. The zero-order valence-corrected chi connectivity index (χ0v) is 14.9. The van der Waals surface area contributed by atoms with Crippen LogP contribution in [0, 0.1) is 0 Å². The van der Waals surface area contributed by atoms with Crippen molar-refractivity contribution in [1.29, 1.82) is 0 Å². The zero-order chi connectivity index (χ0) is 17.6. The number of imidazole rings is 1. The van der Waals surface area contributed by atoms with E-state index in [-0.39, 0.29) is 5.91 Å². The van der Waals surface area contributed by atoms with Crippen molar-refractivity contribution < 1.29 is 13.2 Å². The molecule has 4 rings (SSSR count). The van der Waals surface area contributed by atoms with Gasteiger partial charge in [0.15, 0.2) is 5.13 Å². The van der Waals surface area contributed by atoms with Gasteiger partial charge in [0, 0.05) is 30.0 Å². The van der Waals surface area contributed by atoms with E-state index in [1.807, 2.05) is 0 Å². The van der Waals surface area contributed by atoms with Crippen LogP contribution in [0.15, 0.2) is 24.5 Å². The van der Waals surface area contributed by atoms with Crippen LogP contribution in [0.1, 0.15) is 20.9 Å². The predicted octanol–water partition coefficient (Wildman–Crippen LogP) is 1.59. The molecule has 1 aliphatic heterocycles. The predicted molar refractivity (Wildman–Crippen MR) is 95.1 cm³/mol. The lowest BCUT2D eigenvalue weighted by molar-refractivity contribution is 0.102. The summed E-state index contributed by atoms with van der Waals surface area (Å²) in [6.07, 6.45) is 3.33. The van der Waals surface area contributed by atoms with Crippen molar-refractivity contribution in [2.24, 2.45) is 0 Å². The molecule has 1 aromatic carbocycles. The first kappa shape index (κ1) is 16.2. The van der Waals surface area contributed by atoms with Crippen molar-refractivity contribution in [2.45, 2.75) is 13.0 Å². The molecule has 0 saturated heterocycles. The molecule has 0 saturated carbocycles. The van der Waals surface area contributed by atoms with Gasteiger partial charge in [0.25, 0.3) is 5.91 Å². The van der Waals surface area contributed by atoms with Crippen LogP contribution in [0.5, 0.6) is 0 Å². The summed E-state index contributed by atoms with van der Waals surface area (Å²) in [4.78, 5) is 24.8. The smallest absolute Gasteiger partial charge is 0.257 e. The highest BCUT2D eigenvalue weighted by molar-refractivity contribution is 7.88. The molecule has 3 aromatic rings. The van der Waals surface area contributed by atoms with Crippen LogP contribution in [0.4, 0.5) is 5.13 Å². The monoisotopic (exact) mass is 377 g/mol.